The van der Waals surface area contributed by atoms with Crippen LogP contribution in [0.1, 0.15) is 38.5 Å². The van der Waals surface area contributed by atoms with Crippen molar-refractivity contribution in [2.45, 2.75) is 50.6 Å². The second kappa shape index (κ2) is 6.11. The number of hydrogen-bond acceptors (Lipinski definition) is 3. The molecule has 3 fully saturated rings. The lowest BCUT2D eigenvalue weighted by Crippen LogP contribution is -2.53. The van der Waals surface area contributed by atoms with Gasteiger partial charge in [-0.15, -0.1) is 0 Å². The van der Waals surface area contributed by atoms with E-state index in [9.17, 15) is 0 Å². The Bertz CT molecular complexity index is 294. The maximum atomic E-state index is 3.53. The molecule has 3 rings (SSSR count). The van der Waals surface area contributed by atoms with Gasteiger partial charge >= 0.3 is 0 Å². The molecule has 3 aliphatic rings. The summed E-state index contributed by atoms with van der Waals surface area (Å²) in [7, 11) is 4.48. The number of likely N-dealkylation sites (tertiary alicyclic amines) is 2. The smallest absolute Gasteiger partial charge is 0.0145 e. The van der Waals surface area contributed by atoms with Gasteiger partial charge in [-0.2, -0.15) is 0 Å². The maximum absolute atomic E-state index is 3.53. The van der Waals surface area contributed by atoms with Gasteiger partial charge in [0.2, 0.25) is 0 Å². The zero-order valence-electron chi connectivity index (χ0n) is 12.8. The zero-order chi connectivity index (χ0) is 13.2. The Kier molecular flexibility index (Phi) is 4.45. The fourth-order valence-corrected chi connectivity index (χ4v) is 4.86. The lowest BCUT2D eigenvalue weighted by molar-refractivity contribution is 0.0313. The van der Waals surface area contributed by atoms with E-state index in [2.05, 4.69) is 29.2 Å². The van der Waals surface area contributed by atoms with Crippen molar-refractivity contribution in [3.8, 4) is 0 Å². The summed E-state index contributed by atoms with van der Waals surface area (Å²) >= 11 is 0. The molecule has 1 aliphatic carbocycles. The number of fused-ring (bicyclic) bond motifs is 1. The SMILES string of the molecule is CNC1CCCC1CN1CCC2C(CCCN2C)C1. The second-order valence-electron chi connectivity index (χ2n) is 7.08. The molecule has 0 spiro atoms. The van der Waals surface area contributed by atoms with E-state index >= 15 is 0 Å². The van der Waals surface area contributed by atoms with Gasteiger partial charge in [0.25, 0.3) is 0 Å². The average molecular weight is 265 g/mol. The molecule has 0 aromatic carbocycles. The van der Waals surface area contributed by atoms with Crippen LogP contribution in [0.3, 0.4) is 0 Å². The molecule has 19 heavy (non-hydrogen) atoms. The van der Waals surface area contributed by atoms with Crippen LogP contribution in [0.2, 0.25) is 0 Å². The van der Waals surface area contributed by atoms with E-state index in [4.69, 9.17) is 0 Å². The van der Waals surface area contributed by atoms with Crippen molar-refractivity contribution >= 4 is 0 Å². The molecule has 0 aromatic heterocycles. The number of piperidine rings is 2. The van der Waals surface area contributed by atoms with Gasteiger partial charge in [0.1, 0.15) is 0 Å². The van der Waals surface area contributed by atoms with Gasteiger partial charge in [-0.25, -0.2) is 0 Å². The maximum Gasteiger partial charge on any atom is 0.0145 e. The molecule has 1 saturated carbocycles. The third kappa shape index (κ3) is 2.98. The van der Waals surface area contributed by atoms with E-state index < -0.39 is 0 Å². The van der Waals surface area contributed by atoms with E-state index in [0.29, 0.717) is 0 Å². The minimum absolute atomic E-state index is 0.784. The molecule has 4 atom stereocenters. The summed E-state index contributed by atoms with van der Waals surface area (Å²) in [4.78, 5) is 5.40. The molecule has 1 N–H and O–H groups in total. The molecule has 0 amide bonds. The van der Waals surface area contributed by atoms with Crippen molar-refractivity contribution in [1.82, 2.24) is 15.1 Å². The molecule has 110 valence electrons. The van der Waals surface area contributed by atoms with Crippen LogP contribution < -0.4 is 5.32 Å². The monoisotopic (exact) mass is 265 g/mol. The van der Waals surface area contributed by atoms with E-state index in [-0.39, 0.29) is 0 Å². The van der Waals surface area contributed by atoms with Crippen LogP contribution in [0.15, 0.2) is 0 Å². The van der Waals surface area contributed by atoms with Gasteiger partial charge < -0.3 is 15.1 Å². The molecule has 2 saturated heterocycles. The van der Waals surface area contributed by atoms with Gasteiger partial charge in [0.15, 0.2) is 0 Å². The predicted molar refractivity (Wildman–Crippen MR) is 80.4 cm³/mol. The highest BCUT2D eigenvalue weighted by Gasteiger charge is 2.36. The van der Waals surface area contributed by atoms with E-state index in [1.54, 1.807) is 0 Å². The molecule has 0 radical (unpaired) electrons. The largest absolute Gasteiger partial charge is 0.317 e. The first-order chi connectivity index (χ1) is 9.28. The van der Waals surface area contributed by atoms with Crippen LogP contribution in [0, 0.1) is 11.8 Å². The summed E-state index contributed by atoms with van der Waals surface area (Å²) < 4.78 is 0. The van der Waals surface area contributed by atoms with Crippen molar-refractivity contribution in [3.05, 3.63) is 0 Å². The fraction of sp³-hybridized carbons (Fsp3) is 1.00. The molecular weight excluding hydrogens is 234 g/mol. The van der Waals surface area contributed by atoms with E-state index in [1.807, 2.05) is 0 Å². The average Bonchev–Trinajstić information content (AvgIpc) is 2.86. The second-order valence-corrected chi connectivity index (χ2v) is 7.08. The zero-order valence-corrected chi connectivity index (χ0v) is 12.8. The Morgan fingerprint density at radius 3 is 2.79 bits per heavy atom. The van der Waals surface area contributed by atoms with Crippen molar-refractivity contribution in [2.75, 3.05) is 40.3 Å². The van der Waals surface area contributed by atoms with Crippen LogP contribution in [-0.4, -0.2) is 62.2 Å². The van der Waals surface area contributed by atoms with Gasteiger partial charge in [-0.3, -0.25) is 0 Å². The summed E-state index contributed by atoms with van der Waals surface area (Å²) in [6.45, 7) is 5.37. The Morgan fingerprint density at radius 1 is 1.05 bits per heavy atom. The predicted octanol–water partition coefficient (Wildman–Crippen LogP) is 1.79. The van der Waals surface area contributed by atoms with Gasteiger partial charge in [-0.1, -0.05) is 6.42 Å². The summed E-state index contributed by atoms with van der Waals surface area (Å²) in [6.07, 6.45) is 8.54. The normalized spacial score (nSPS) is 41.4. The highest BCUT2D eigenvalue weighted by Crippen LogP contribution is 2.32. The minimum Gasteiger partial charge on any atom is -0.317 e. The van der Waals surface area contributed by atoms with Gasteiger partial charge in [0.05, 0.1) is 0 Å². The van der Waals surface area contributed by atoms with E-state index in [1.165, 1.54) is 64.7 Å². The fourth-order valence-electron chi connectivity index (χ4n) is 4.86. The Hall–Kier alpha value is -0.120. The van der Waals surface area contributed by atoms with Crippen molar-refractivity contribution in [2.24, 2.45) is 11.8 Å². The summed E-state index contributed by atoms with van der Waals surface area (Å²) in [6, 6.07) is 1.67. The van der Waals surface area contributed by atoms with Crippen molar-refractivity contribution in [1.29, 1.82) is 0 Å². The lowest BCUT2D eigenvalue weighted by Gasteiger charge is -2.46. The number of rotatable bonds is 3. The first kappa shape index (κ1) is 13.8. The first-order valence-electron chi connectivity index (χ1n) is 8.38. The molecule has 0 aromatic rings. The number of nitrogens with one attached hydrogen (secondary N) is 1. The van der Waals surface area contributed by atoms with Crippen LogP contribution in [0.5, 0.6) is 0 Å². The lowest BCUT2D eigenvalue weighted by atomic mass is 9.84. The third-order valence-electron chi connectivity index (χ3n) is 5.95. The minimum atomic E-state index is 0.784. The van der Waals surface area contributed by atoms with Crippen LogP contribution >= 0.6 is 0 Å². The molecule has 2 aliphatic heterocycles. The highest BCUT2D eigenvalue weighted by atomic mass is 15.2. The topological polar surface area (TPSA) is 18.5 Å². The molecule has 4 unspecified atom stereocenters. The number of nitrogens with zero attached hydrogens (tertiary/aromatic N) is 2. The Labute approximate surface area is 118 Å². The van der Waals surface area contributed by atoms with Gasteiger partial charge in [-0.05, 0) is 71.1 Å². The van der Waals surface area contributed by atoms with Crippen molar-refractivity contribution < 1.29 is 0 Å². The molecule has 3 nitrogen and oxygen atoms in total. The molecule has 3 heteroatoms. The quantitative estimate of drug-likeness (QED) is 0.839. The third-order valence-corrected chi connectivity index (χ3v) is 5.95. The van der Waals surface area contributed by atoms with E-state index in [0.717, 1.165) is 23.9 Å². The van der Waals surface area contributed by atoms with Crippen LogP contribution in [0.4, 0.5) is 0 Å². The summed E-state index contributed by atoms with van der Waals surface area (Å²) in [5, 5.41) is 3.53. The summed E-state index contributed by atoms with van der Waals surface area (Å²) in [5.41, 5.74) is 0. The van der Waals surface area contributed by atoms with Crippen LogP contribution in [-0.2, 0) is 0 Å². The molecule has 2 heterocycles. The first-order valence-corrected chi connectivity index (χ1v) is 8.38. The van der Waals surface area contributed by atoms with Crippen molar-refractivity contribution in [3.63, 3.8) is 0 Å². The Balaban J connectivity index is 1.53. The standard InChI is InChI=1S/C16H31N3/c1-17-15-7-3-5-13(15)11-19-10-8-16-14(12-19)6-4-9-18(16)2/h13-17H,3-12H2,1-2H3. The van der Waals surface area contributed by atoms with Crippen LogP contribution in [0.25, 0.3) is 0 Å². The molecular formula is C16H31N3. The highest BCUT2D eigenvalue weighted by molar-refractivity contribution is 4.91. The molecule has 0 bridgehead atoms. The number of hydrogen-bond donors (Lipinski definition) is 1. The Morgan fingerprint density at radius 2 is 1.95 bits per heavy atom. The van der Waals surface area contributed by atoms with Gasteiger partial charge in [0, 0.05) is 25.2 Å². The summed E-state index contributed by atoms with van der Waals surface area (Å²) in [5.74, 6) is 1.85.